The summed E-state index contributed by atoms with van der Waals surface area (Å²) in [7, 11) is 0. The second-order valence-corrected chi connectivity index (χ2v) is 23.7. The highest BCUT2D eigenvalue weighted by atomic mass is 16.5. The number of carbonyl (C=O) groups is 2. The van der Waals surface area contributed by atoms with Gasteiger partial charge in [-0.15, -0.1) is 0 Å². The van der Waals surface area contributed by atoms with Gasteiger partial charge in [-0.1, -0.05) is 41.5 Å². The SMILES string of the molecule is C[C@H](CCC(=O)NCCO[C@H]1CC[C@@]2(C)[C@@H](C1)C[C@@H](O)[C@@H]1[C@@H]2C[C@H](O)[C@]2(C)[C@@H]([C@H](C)CCC(=O)O)CC[C@@H]12)[C@H]1CC[C@H]2[C@@H]3[C@H](O)C[C@@H]4C[C@H](O)CC[C@]4(C)[C@H]3C[C@H](O)[C@]12C. The van der Waals surface area contributed by atoms with Gasteiger partial charge in [-0.05, 0) is 195 Å². The summed E-state index contributed by atoms with van der Waals surface area (Å²) in [4.78, 5) is 24.5. The van der Waals surface area contributed by atoms with E-state index in [1.807, 2.05) is 0 Å². The molecule has 0 saturated heterocycles. The number of hydrogen-bond acceptors (Lipinski definition) is 8. The molecule has 0 heterocycles. The Morgan fingerprint density at radius 2 is 1.13 bits per heavy atom. The zero-order chi connectivity index (χ0) is 43.1. The molecule has 10 nitrogen and oxygen atoms in total. The third-order valence-electron chi connectivity index (χ3n) is 21.4. The van der Waals surface area contributed by atoms with Gasteiger partial charge in [-0.25, -0.2) is 0 Å². The largest absolute Gasteiger partial charge is 0.481 e. The number of ether oxygens (including phenoxy) is 1. The van der Waals surface area contributed by atoms with Gasteiger partial charge in [-0.3, -0.25) is 9.59 Å². The molecule has 22 atom stereocenters. The third-order valence-corrected chi connectivity index (χ3v) is 21.4. The Hall–Kier alpha value is -1.30. The first kappa shape index (κ1) is 45.3. The number of aliphatic hydroxyl groups is 5. The molecule has 60 heavy (non-hydrogen) atoms. The van der Waals surface area contributed by atoms with Gasteiger partial charge in [0, 0.05) is 19.4 Å². The fraction of sp³-hybridized carbons (Fsp3) is 0.960. The first-order valence-electron chi connectivity index (χ1n) is 24.8. The average molecular weight is 842 g/mol. The van der Waals surface area contributed by atoms with Crippen LogP contribution in [0.5, 0.6) is 0 Å². The molecule has 8 aliphatic carbocycles. The molecule has 10 heteroatoms. The van der Waals surface area contributed by atoms with Crippen molar-refractivity contribution in [1.29, 1.82) is 0 Å². The molecule has 0 aromatic carbocycles. The smallest absolute Gasteiger partial charge is 0.303 e. The van der Waals surface area contributed by atoms with Crippen LogP contribution in [0.3, 0.4) is 0 Å². The Morgan fingerprint density at radius 1 is 0.633 bits per heavy atom. The predicted molar refractivity (Wildman–Crippen MR) is 229 cm³/mol. The number of carboxylic acid groups (broad SMARTS) is 1. The van der Waals surface area contributed by atoms with Crippen LogP contribution in [-0.4, -0.2) is 92.3 Å². The van der Waals surface area contributed by atoms with Crippen molar-refractivity contribution in [2.45, 2.75) is 194 Å². The Labute approximate surface area is 360 Å². The van der Waals surface area contributed by atoms with E-state index in [0.29, 0.717) is 50.2 Å². The minimum Gasteiger partial charge on any atom is -0.481 e. The summed E-state index contributed by atoms with van der Waals surface area (Å²) < 4.78 is 6.43. The molecule has 1 amide bonds. The molecule has 0 radical (unpaired) electrons. The third kappa shape index (κ3) is 7.45. The number of aliphatic hydroxyl groups excluding tert-OH is 5. The van der Waals surface area contributed by atoms with E-state index in [9.17, 15) is 40.2 Å². The van der Waals surface area contributed by atoms with E-state index >= 15 is 0 Å². The van der Waals surface area contributed by atoms with Crippen LogP contribution in [0.4, 0.5) is 0 Å². The summed E-state index contributed by atoms with van der Waals surface area (Å²) in [5.41, 5.74) is -0.469. The van der Waals surface area contributed by atoms with Crippen molar-refractivity contribution in [1.82, 2.24) is 5.32 Å². The summed E-state index contributed by atoms with van der Waals surface area (Å²) >= 11 is 0. The van der Waals surface area contributed by atoms with E-state index in [1.165, 1.54) is 0 Å². The highest BCUT2D eigenvalue weighted by Crippen LogP contribution is 2.70. The van der Waals surface area contributed by atoms with Crippen LogP contribution in [-0.2, 0) is 14.3 Å². The molecular weight excluding hydrogens is 759 g/mol. The molecule has 0 aromatic rings. The van der Waals surface area contributed by atoms with Crippen LogP contribution in [0.25, 0.3) is 0 Å². The monoisotopic (exact) mass is 842 g/mol. The van der Waals surface area contributed by atoms with Gasteiger partial charge in [-0.2, -0.15) is 0 Å². The van der Waals surface area contributed by atoms with Crippen molar-refractivity contribution < 1.29 is 45.0 Å². The first-order valence-corrected chi connectivity index (χ1v) is 24.8. The number of amides is 1. The van der Waals surface area contributed by atoms with E-state index in [0.717, 1.165) is 89.9 Å². The average Bonchev–Trinajstić information content (AvgIpc) is 3.75. The lowest BCUT2D eigenvalue weighted by Gasteiger charge is -2.63. The van der Waals surface area contributed by atoms with Crippen molar-refractivity contribution in [3.63, 3.8) is 0 Å². The van der Waals surface area contributed by atoms with Gasteiger partial charge in [0.1, 0.15) is 0 Å². The maximum atomic E-state index is 13.2. The maximum absolute atomic E-state index is 13.2. The molecule has 342 valence electrons. The van der Waals surface area contributed by atoms with Crippen LogP contribution in [0.15, 0.2) is 0 Å². The lowest BCUT2D eigenvalue weighted by atomic mass is 9.43. The summed E-state index contributed by atoms with van der Waals surface area (Å²) in [6.07, 6.45) is 12.6. The van der Waals surface area contributed by atoms with Crippen molar-refractivity contribution in [2.75, 3.05) is 13.2 Å². The van der Waals surface area contributed by atoms with Gasteiger partial charge in [0.25, 0.3) is 0 Å². The normalized spacial score (nSPS) is 51.8. The Bertz CT molecular complexity index is 1560. The standard InChI is InChI=1S/C50H83NO9/c1-27(33-9-11-35-45-37(25-41(55)49(33,35)5)47(3)17-15-31(52)21-29(47)23-39(45)53)7-13-43(57)51-19-20-60-32-16-18-48(4)30(22-32)24-40(54)46-36-12-10-34(28(2)8-14-44(58)59)50(36,6)42(56)26-38(46)48/h27-42,45-46,52-56H,7-26H2,1-6H3,(H,51,57)(H,58,59)/t27-,28-,29+,30+,31-,32+,33-,34-,35+,36+,37+,38+,39-,40-,41+,42+,45+,46+,47+,48+,49-,50-/m1/s1. The summed E-state index contributed by atoms with van der Waals surface area (Å²) in [5.74, 6) is 2.42. The van der Waals surface area contributed by atoms with Gasteiger partial charge in [0.2, 0.25) is 5.91 Å². The highest BCUT2D eigenvalue weighted by Gasteiger charge is 2.67. The lowest BCUT2D eigenvalue weighted by molar-refractivity contribution is -0.209. The second kappa shape index (κ2) is 16.9. The second-order valence-electron chi connectivity index (χ2n) is 23.7. The molecule has 8 aliphatic rings. The minimum absolute atomic E-state index is 0.0348. The van der Waals surface area contributed by atoms with Crippen molar-refractivity contribution in [3.05, 3.63) is 0 Å². The number of rotatable bonds is 12. The number of carbonyl (C=O) groups excluding carboxylic acids is 1. The fourth-order valence-electron chi connectivity index (χ4n) is 18.0. The highest BCUT2D eigenvalue weighted by molar-refractivity contribution is 5.75. The Kier molecular flexibility index (Phi) is 12.8. The van der Waals surface area contributed by atoms with E-state index in [2.05, 4.69) is 46.9 Å². The zero-order valence-electron chi connectivity index (χ0n) is 37.9. The molecule has 0 spiro atoms. The molecule has 0 aliphatic heterocycles. The molecule has 8 rings (SSSR count). The Morgan fingerprint density at radius 3 is 1.67 bits per heavy atom. The maximum Gasteiger partial charge on any atom is 0.303 e. The molecule has 8 fully saturated rings. The van der Waals surface area contributed by atoms with E-state index in [4.69, 9.17) is 4.74 Å². The molecule has 7 N–H and O–H groups in total. The number of fused-ring (bicyclic) bond motifs is 10. The van der Waals surface area contributed by atoms with E-state index < -0.39 is 24.3 Å². The summed E-state index contributed by atoms with van der Waals surface area (Å²) in [5, 5.41) is 70.2. The van der Waals surface area contributed by atoms with Crippen LogP contribution < -0.4 is 5.32 Å². The van der Waals surface area contributed by atoms with Gasteiger partial charge in [0.05, 0.1) is 43.2 Å². The van der Waals surface area contributed by atoms with Crippen LogP contribution in [0, 0.1) is 92.7 Å². The van der Waals surface area contributed by atoms with E-state index in [-0.39, 0.29) is 106 Å². The summed E-state index contributed by atoms with van der Waals surface area (Å²) in [6.45, 7) is 14.7. The predicted octanol–water partition coefficient (Wildman–Crippen LogP) is 6.97. The topological polar surface area (TPSA) is 177 Å². The molecule has 0 bridgehead atoms. The van der Waals surface area contributed by atoms with Crippen LogP contribution in [0.2, 0.25) is 0 Å². The number of carboxylic acids is 1. The van der Waals surface area contributed by atoms with Crippen molar-refractivity contribution in [2.24, 2.45) is 92.7 Å². The molecular formula is C50H83NO9. The zero-order valence-corrected chi connectivity index (χ0v) is 37.9. The van der Waals surface area contributed by atoms with Gasteiger partial charge < -0.3 is 40.7 Å². The number of hydrogen-bond donors (Lipinski definition) is 7. The molecule has 0 unspecified atom stereocenters. The van der Waals surface area contributed by atoms with E-state index in [1.54, 1.807) is 0 Å². The van der Waals surface area contributed by atoms with Crippen molar-refractivity contribution in [3.8, 4) is 0 Å². The first-order chi connectivity index (χ1) is 28.3. The number of aliphatic carboxylic acids is 1. The molecule has 8 saturated carbocycles. The van der Waals surface area contributed by atoms with Gasteiger partial charge in [0.15, 0.2) is 0 Å². The fourth-order valence-corrected chi connectivity index (χ4v) is 18.0. The summed E-state index contributed by atoms with van der Waals surface area (Å²) in [6, 6.07) is 0. The number of nitrogens with one attached hydrogen (secondary N) is 1. The quantitative estimate of drug-likeness (QED) is 0.102. The van der Waals surface area contributed by atoms with Crippen LogP contribution >= 0.6 is 0 Å². The lowest BCUT2D eigenvalue weighted by Crippen LogP contribution is -2.62. The molecule has 0 aromatic heterocycles. The van der Waals surface area contributed by atoms with Gasteiger partial charge >= 0.3 is 5.97 Å². The van der Waals surface area contributed by atoms with Crippen LogP contribution in [0.1, 0.15) is 157 Å². The Balaban J connectivity index is 0.793. The van der Waals surface area contributed by atoms with Crippen molar-refractivity contribution >= 4 is 11.9 Å². The minimum atomic E-state index is -0.762.